The van der Waals surface area contributed by atoms with Crippen molar-refractivity contribution in [1.82, 2.24) is 19.5 Å². The van der Waals surface area contributed by atoms with Gasteiger partial charge in [-0.25, -0.2) is 9.97 Å². The summed E-state index contributed by atoms with van der Waals surface area (Å²) in [4.78, 5) is 12.3. The monoisotopic (exact) mass is 272 g/mol. The summed E-state index contributed by atoms with van der Waals surface area (Å²) < 4.78 is 2.44. The van der Waals surface area contributed by atoms with Gasteiger partial charge in [0.2, 0.25) is 5.95 Å². The molecule has 4 nitrogen and oxygen atoms in total. The molecule has 0 unspecified atom stereocenters. The summed E-state index contributed by atoms with van der Waals surface area (Å²) >= 11 is 9.08. The average Bonchev–Trinajstić information content (AvgIpc) is 2.57. The van der Waals surface area contributed by atoms with Gasteiger partial charge in [0.15, 0.2) is 0 Å². The molecule has 0 saturated heterocycles. The number of aryl methyl sites for hydroxylation is 1. The largest absolute Gasteiger partial charge is 0.272 e. The zero-order valence-electron chi connectivity index (χ0n) is 7.28. The van der Waals surface area contributed by atoms with Crippen molar-refractivity contribution in [3.05, 3.63) is 34.0 Å². The fraction of sp³-hybridized carbons (Fsp3) is 0.125. The van der Waals surface area contributed by atoms with Gasteiger partial charge in [0, 0.05) is 18.6 Å². The summed E-state index contributed by atoms with van der Waals surface area (Å²) in [7, 11) is 0. The van der Waals surface area contributed by atoms with Gasteiger partial charge in [-0.3, -0.25) is 4.57 Å². The smallest absolute Gasteiger partial charge is 0.236 e. The molecule has 0 saturated carbocycles. The molecule has 2 rings (SSSR count). The Bertz CT molecular complexity index is 468. The molecule has 0 aromatic carbocycles. The first kappa shape index (κ1) is 9.61. The lowest BCUT2D eigenvalue weighted by Crippen LogP contribution is -2.01. The zero-order valence-corrected chi connectivity index (χ0v) is 9.62. The van der Waals surface area contributed by atoms with E-state index in [1.807, 2.05) is 6.92 Å². The topological polar surface area (TPSA) is 43.6 Å². The highest BCUT2D eigenvalue weighted by Gasteiger charge is 2.06. The van der Waals surface area contributed by atoms with E-state index in [1.165, 1.54) is 0 Å². The van der Waals surface area contributed by atoms with Crippen LogP contribution in [0.2, 0.25) is 5.15 Å². The molecule has 72 valence electrons. The fourth-order valence-electron chi connectivity index (χ4n) is 1.04. The molecule has 0 bridgehead atoms. The molecule has 0 amide bonds. The molecule has 0 spiro atoms. The minimum Gasteiger partial charge on any atom is -0.272 e. The van der Waals surface area contributed by atoms with Gasteiger partial charge in [-0.2, -0.15) is 4.98 Å². The molecule has 0 N–H and O–H groups in total. The van der Waals surface area contributed by atoms with Crippen molar-refractivity contribution >= 4 is 27.5 Å². The van der Waals surface area contributed by atoms with Crippen molar-refractivity contribution in [1.29, 1.82) is 0 Å². The molecule has 0 aliphatic carbocycles. The van der Waals surface area contributed by atoms with Crippen LogP contribution in [-0.2, 0) is 0 Å². The van der Waals surface area contributed by atoms with Crippen LogP contribution in [0, 0.1) is 6.92 Å². The van der Waals surface area contributed by atoms with E-state index in [-0.39, 0.29) is 0 Å². The molecule has 0 aliphatic rings. The maximum absolute atomic E-state index is 5.85. The van der Waals surface area contributed by atoms with E-state index in [2.05, 4.69) is 30.9 Å². The third kappa shape index (κ3) is 1.65. The number of rotatable bonds is 1. The first-order chi connectivity index (χ1) is 6.68. The summed E-state index contributed by atoms with van der Waals surface area (Å²) in [6, 6.07) is 0. The first-order valence-corrected chi connectivity index (χ1v) is 5.04. The highest BCUT2D eigenvalue weighted by Crippen LogP contribution is 2.19. The van der Waals surface area contributed by atoms with Crippen molar-refractivity contribution in [2.75, 3.05) is 0 Å². The van der Waals surface area contributed by atoms with Crippen molar-refractivity contribution < 1.29 is 0 Å². The van der Waals surface area contributed by atoms with Crippen molar-refractivity contribution in [2.45, 2.75) is 6.92 Å². The summed E-state index contributed by atoms with van der Waals surface area (Å²) in [5.41, 5.74) is 0. The van der Waals surface area contributed by atoms with E-state index >= 15 is 0 Å². The molecule has 6 heteroatoms. The second kappa shape index (κ2) is 3.67. The van der Waals surface area contributed by atoms with Crippen LogP contribution >= 0.6 is 27.5 Å². The minimum absolute atomic E-state index is 0.392. The Morgan fingerprint density at radius 1 is 1.43 bits per heavy atom. The Kier molecular flexibility index (Phi) is 2.52. The van der Waals surface area contributed by atoms with Crippen LogP contribution in [0.5, 0.6) is 0 Å². The van der Waals surface area contributed by atoms with Gasteiger partial charge in [-0.05, 0) is 22.9 Å². The summed E-state index contributed by atoms with van der Waals surface area (Å²) in [6.07, 6.45) is 5.09. The number of hydrogen-bond acceptors (Lipinski definition) is 3. The molecule has 14 heavy (non-hydrogen) atoms. The highest BCUT2D eigenvalue weighted by atomic mass is 79.9. The van der Waals surface area contributed by atoms with Crippen LogP contribution in [0.4, 0.5) is 0 Å². The van der Waals surface area contributed by atoms with Gasteiger partial charge in [0.1, 0.15) is 11.0 Å². The Hall–Kier alpha value is -0.940. The Morgan fingerprint density at radius 3 is 2.79 bits per heavy atom. The van der Waals surface area contributed by atoms with Crippen LogP contribution in [0.1, 0.15) is 5.82 Å². The van der Waals surface area contributed by atoms with E-state index in [1.54, 1.807) is 23.2 Å². The Balaban J connectivity index is 2.53. The maximum Gasteiger partial charge on any atom is 0.236 e. The van der Waals surface area contributed by atoms with E-state index in [0.717, 1.165) is 5.82 Å². The Labute approximate surface area is 94.1 Å². The van der Waals surface area contributed by atoms with E-state index < -0.39 is 0 Å². The summed E-state index contributed by atoms with van der Waals surface area (Å²) in [5, 5.41) is 0.392. The standard InChI is InChI=1S/C8H6BrClN4/c1-5-11-2-3-14(5)8-12-4-6(9)7(10)13-8/h2-4H,1H3. The predicted molar refractivity (Wildman–Crippen MR) is 56.6 cm³/mol. The summed E-state index contributed by atoms with van der Waals surface area (Å²) in [6.45, 7) is 1.87. The van der Waals surface area contributed by atoms with E-state index in [0.29, 0.717) is 15.6 Å². The van der Waals surface area contributed by atoms with Crippen LogP contribution in [0.15, 0.2) is 23.1 Å². The SMILES string of the molecule is Cc1nccn1-c1ncc(Br)c(Cl)n1. The van der Waals surface area contributed by atoms with Gasteiger partial charge in [-0.1, -0.05) is 11.6 Å². The minimum atomic E-state index is 0.392. The molecule has 0 atom stereocenters. The normalized spacial score (nSPS) is 10.5. The molecule has 0 fully saturated rings. The lowest BCUT2D eigenvalue weighted by atomic mass is 10.6. The third-order valence-electron chi connectivity index (χ3n) is 1.73. The van der Waals surface area contributed by atoms with Crippen LogP contribution in [0.25, 0.3) is 5.95 Å². The number of nitrogens with zero attached hydrogens (tertiary/aromatic N) is 4. The molecule has 0 aliphatic heterocycles. The molecule has 2 aromatic rings. The number of aromatic nitrogens is 4. The van der Waals surface area contributed by atoms with Crippen molar-refractivity contribution in [2.24, 2.45) is 0 Å². The molecular weight excluding hydrogens is 267 g/mol. The quantitative estimate of drug-likeness (QED) is 0.749. The average molecular weight is 274 g/mol. The number of imidazole rings is 1. The van der Waals surface area contributed by atoms with Crippen molar-refractivity contribution in [3.63, 3.8) is 0 Å². The van der Waals surface area contributed by atoms with Gasteiger partial charge < -0.3 is 0 Å². The number of hydrogen-bond donors (Lipinski definition) is 0. The van der Waals surface area contributed by atoms with Gasteiger partial charge in [-0.15, -0.1) is 0 Å². The van der Waals surface area contributed by atoms with Crippen LogP contribution < -0.4 is 0 Å². The highest BCUT2D eigenvalue weighted by molar-refractivity contribution is 9.10. The second-order valence-corrected chi connectivity index (χ2v) is 3.87. The van der Waals surface area contributed by atoms with Crippen LogP contribution in [-0.4, -0.2) is 19.5 Å². The van der Waals surface area contributed by atoms with E-state index in [4.69, 9.17) is 11.6 Å². The number of halogens is 2. The van der Waals surface area contributed by atoms with Crippen molar-refractivity contribution in [3.8, 4) is 5.95 Å². The van der Waals surface area contributed by atoms with Crippen LogP contribution in [0.3, 0.4) is 0 Å². The zero-order chi connectivity index (χ0) is 10.1. The molecule has 2 aromatic heterocycles. The second-order valence-electron chi connectivity index (χ2n) is 2.65. The van der Waals surface area contributed by atoms with E-state index in [9.17, 15) is 0 Å². The van der Waals surface area contributed by atoms with Gasteiger partial charge in [0.05, 0.1) is 4.47 Å². The first-order valence-electron chi connectivity index (χ1n) is 3.87. The molecule has 0 radical (unpaired) electrons. The predicted octanol–water partition coefficient (Wildman–Crippen LogP) is 2.39. The lowest BCUT2D eigenvalue weighted by Gasteiger charge is -2.03. The fourth-order valence-corrected chi connectivity index (χ4v) is 1.36. The maximum atomic E-state index is 5.85. The Morgan fingerprint density at radius 2 is 2.21 bits per heavy atom. The van der Waals surface area contributed by atoms with Gasteiger partial charge in [0.25, 0.3) is 0 Å². The molecular formula is C8H6BrClN4. The third-order valence-corrected chi connectivity index (χ3v) is 2.83. The lowest BCUT2D eigenvalue weighted by molar-refractivity contribution is 0.880. The van der Waals surface area contributed by atoms with Gasteiger partial charge >= 0.3 is 0 Å². The molecule has 2 heterocycles. The summed E-state index contributed by atoms with van der Waals surface area (Å²) in [5.74, 6) is 1.34.